The van der Waals surface area contributed by atoms with Gasteiger partial charge in [0.1, 0.15) is 0 Å². The van der Waals surface area contributed by atoms with Crippen molar-refractivity contribution in [2.45, 2.75) is 0 Å². The molecule has 1 aliphatic heterocycles. The Balaban J connectivity index is 1.93. The molecule has 1 heterocycles. The second-order valence-electron chi connectivity index (χ2n) is 4.93. The van der Waals surface area contributed by atoms with Gasteiger partial charge in [-0.15, -0.1) is 0 Å². The molecular weight excluding hydrogens is 403 g/mol. The highest BCUT2D eigenvalue weighted by molar-refractivity contribution is 8.27. The van der Waals surface area contributed by atoms with Crippen molar-refractivity contribution < 1.29 is 9.72 Å². The van der Waals surface area contributed by atoms with E-state index in [0.29, 0.717) is 30.5 Å². The zero-order valence-electron chi connectivity index (χ0n) is 12.3. The van der Waals surface area contributed by atoms with Gasteiger partial charge in [-0.25, -0.2) is 0 Å². The first-order chi connectivity index (χ1) is 11.9. The minimum Gasteiger partial charge on any atom is -0.268 e. The number of nitro benzene ring substituents is 1. The van der Waals surface area contributed by atoms with Crippen molar-refractivity contribution in [3.05, 3.63) is 73.1 Å². The van der Waals surface area contributed by atoms with Crippen LogP contribution in [0.1, 0.15) is 5.56 Å². The minimum absolute atomic E-state index is 0.0598. The van der Waals surface area contributed by atoms with Crippen LogP contribution in [0.25, 0.3) is 6.08 Å². The molecule has 0 saturated carbocycles. The Labute approximate surface area is 162 Å². The van der Waals surface area contributed by atoms with Crippen LogP contribution in [-0.2, 0) is 4.79 Å². The van der Waals surface area contributed by atoms with Crippen LogP contribution in [0.5, 0.6) is 0 Å². The first kappa shape index (κ1) is 17.9. The van der Waals surface area contributed by atoms with E-state index in [4.69, 9.17) is 35.4 Å². The van der Waals surface area contributed by atoms with E-state index in [1.807, 2.05) is 0 Å². The first-order valence-electron chi connectivity index (χ1n) is 6.85. The van der Waals surface area contributed by atoms with Crippen LogP contribution in [0.2, 0.25) is 10.0 Å². The fourth-order valence-corrected chi connectivity index (χ4v) is 3.84. The number of carbonyl (C=O) groups excluding carboxylic acids is 1. The number of rotatable bonds is 3. The number of carbonyl (C=O) groups is 1. The highest BCUT2D eigenvalue weighted by atomic mass is 35.5. The fourth-order valence-electron chi connectivity index (χ4n) is 2.19. The number of non-ortho nitro benzene ring substituents is 1. The van der Waals surface area contributed by atoms with Gasteiger partial charge in [-0.1, -0.05) is 59.3 Å². The quantitative estimate of drug-likeness (QED) is 0.297. The number of amides is 1. The van der Waals surface area contributed by atoms with Gasteiger partial charge in [0, 0.05) is 12.1 Å². The van der Waals surface area contributed by atoms with Crippen molar-refractivity contribution in [2.75, 3.05) is 4.90 Å². The Hall–Kier alpha value is -1.93. The molecule has 3 rings (SSSR count). The van der Waals surface area contributed by atoms with Gasteiger partial charge in [-0.2, -0.15) is 0 Å². The second-order valence-corrected chi connectivity index (χ2v) is 7.39. The third kappa shape index (κ3) is 3.55. The molecule has 9 heteroatoms. The number of hydrogen-bond acceptors (Lipinski definition) is 5. The molecule has 1 aliphatic rings. The Morgan fingerprint density at radius 3 is 2.48 bits per heavy atom. The van der Waals surface area contributed by atoms with Crippen molar-refractivity contribution >= 4 is 74.9 Å². The Morgan fingerprint density at radius 2 is 1.84 bits per heavy atom. The summed E-state index contributed by atoms with van der Waals surface area (Å²) in [5, 5.41) is 11.5. The summed E-state index contributed by atoms with van der Waals surface area (Å²) < 4.78 is 0.336. The third-order valence-electron chi connectivity index (χ3n) is 3.38. The van der Waals surface area contributed by atoms with Crippen LogP contribution in [0.15, 0.2) is 47.4 Å². The number of halogens is 2. The zero-order chi connectivity index (χ0) is 18.1. The molecule has 0 atom stereocenters. The van der Waals surface area contributed by atoms with Crippen LogP contribution >= 0.6 is 47.2 Å². The van der Waals surface area contributed by atoms with Gasteiger partial charge in [0.15, 0.2) is 4.32 Å². The molecule has 0 radical (unpaired) electrons. The molecule has 5 nitrogen and oxygen atoms in total. The van der Waals surface area contributed by atoms with Crippen LogP contribution in [-0.4, -0.2) is 15.2 Å². The average Bonchev–Trinajstić information content (AvgIpc) is 2.86. The van der Waals surface area contributed by atoms with E-state index in [0.717, 1.165) is 11.8 Å². The molecule has 25 heavy (non-hydrogen) atoms. The van der Waals surface area contributed by atoms with Crippen LogP contribution in [0, 0.1) is 10.1 Å². The molecule has 0 spiro atoms. The summed E-state index contributed by atoms with van der Waals surface area (Å²) in [7, 11) is 0. The van der Waals surface area contributed by atoms with E-state index < -0.39 is 4.92 Å². The maximum absolute atomic E-state index is 12.7. The lowest BCUT2D eigenvalue weighted by molar-refractivity contribution is -0.384. The normalized spacial score (nSPS) is 15.9. The molecule has 0 unspecified atom stereocenters. The van der Waals surface area contributed by atoms with Crippen molar-refractivity contribution in [2.24, 2.45) is 0 Å². The summed E-state index contributed by atoms with van der Waals surface area (Å²) in [6.45, 7) is 0. The summed E-state index contributed by atoms with van der Waals surface area (Å²) in [4.78, 5) is 24.6. The van der Waals surface area contributed by atoms with Gasteiger partial charge in [-0.3, -0.25) is 19.8 Å². The number of thioether (sulfide) groups is 1. The second kappa shape index (κ2) is 7.13. The summed E-state index contributed by atoms with van der Waals surface area (Å²) in [5.74, 6) is -0.320. The summed E-state index contributed by atoms with van der Waals surface area (Å²) in [6.07, 6.45) is 1.62. The molecule has 2 aromatic rings. The van der Waals surface area contributed by atoms with Gasteiger partial charge in [0.05, 0.1) is 25.6 Å². The number of nitro groups is 1. The van der Waals surface area contributed by atoms with E-state index in [9.17, 15) is 14.9 Å². The molecule has 0 aliphatic carbocycles. The standard InChI is InChI=1S/C16H8Cl2N2O3S2/c17-12-3-1-2-9(14(12)18)8-13-15(21)19(16(24)25-13)10-4-6-11(7-5-10)20(22)23/h1-8H. The predicted molar refractivity (Wildman–Crippen MR) is 105 cm³/mol. The van der Waals surface area contributed by atoms with E-state index in [1.54, 1.807) is 24.3 Å². The Morgan fingerprint density at radius 1 is 1.16 bits per heavy atom. The number of thiocarbonyl (C=S) groups is 1. The van der Waals surface area contributed by atoms with Gasteiger partial charge >= 0.3 is 0 Å². The van der Waals surface area contributed by atoms with E-state index in [1.165, 1.54) is 29.2 Å². The summed E-state index contributed by atoms with van der Waals surface area (Å²) >= 11 is 18.5. The molecular formula is C16H8Cl2N2O3S2. The molecule has 0 bridgehead atoms. The maximum Gasteiger partial charge on any atom is 0.270 e. The molecule has 0 aromatic heterocycles. The Kier molecular flexibility index (Phi) is 5.10. The highest BCUT2D eigenvalue weighted by Crippen LogP contribution is 2.38. The average molecular weight is 411 g/mol. The first-order valence-corrected chi connectivity index (χ1v) is 8.83. The van der Waals surface area contributed by atoms with Gasteiger partial charge < -0.3 is 0 Å². The van der Waals surface area contributed by atoms with E-state index in [2.05, 4.69) is 0 Å². The third-order valence-corrected chi connectivity index (χ3v) is 5.52. The summed E-state index contributed by atoms with van der Waals surface area (Å²) in [6, 6.07) is 10.8. The van der Waals surface area contributed by atoms with Crippen LogP contribution < -0.4 is 4.90 Å². The molecule has 0 N–H and O–H groups in total. The molecule has 1 saturated heterocycles. The van der Waals surface area contributed by atoms with Crippen LogP contribution in [0.3, 0.4) is 0 Å². The molecule has 1 amide bonds. The fraction of sp³-hybridized carbons (Fsp3) is 0. The Bertz CT molecular complexity index is 929. The number of hydrogen-bond donors (Lipinski definition) is 0. The van der Waals surface area contributed by atoms with E-state index >= 15 is 0 Å². The lowest BCUT2D eigenvalue weighted by Gasteiger charge is -2.13. The number of anilines is 1. The van der Waals surface area contributed by atoms with Gasteiger partial charge in [0.2, 0.25) is 0 Å². The SMILES string of the molecule is O=C1C(=Cc2cccc(Cl)c2Cl)SC(=S)N1c1ccc([N+](=O)[O-])cc1. The minimum atomic E-state index is -0.505. The van der Waals surface area contributed by atoms with Gasteiger partial charge in [-0.05, 0) is 29.8 Å². The topological polar surface area (TPSA) is 63.5 Å². The molecule has 2 aromatic carbocycles. The van der Waals surface area contributed by atoms with Crippen molar-refractivity contribution in [3.63, 3.8) is 0 Å². The summed E-state index contributed by atoms with van der Waals surface area (Å²) in [5.41, 5.74) is 1.02. The monoisotopic (exact) mass is 410 g/mol. The smallest absolute Gasteiger partial charge is 0.268 e. The maximum atomic E-state index is 12.7. The largest absolute Gasteiger partial charge is 0.270 e. The van der Waals surface area contributed by atoms with Crippen molar-refractivity contribution in [1.82, 2.24) is 0 Å². The molecule has 1 fully saturated rings. The number of nitrogens with zero attached hydrogens (tertiary/aromatic N) is 2. The van der Waals surface area contributed by atoms with Crippen molar-refractivity contribution in [1.29, 1.82) is 0 Å². The number of benzene rings is 2. The predicted octanol–water partition coefficient (Wildman–Crippen LogP) is 5.31. The van der Waals surface area contributed by atoms with E-state index in [-0.39, 0.29) is 11.6 Å². The van der Waals surface area contributed by atoms with Crippen LogP contribution in [0.4, 0.5) is 11.4 Å². The van der Waals surface area contributed by atoms with Gasteiger partial charge in [0.25, 0.3) is 11.6 Å². The molecule has 126 valence electrons. The highest BCUT2D eigenvalue weighted by Gasteiger charge is 2.33. The zero-order valence-corrected chi connectivity index (χ0v) is 15.5. The lowest BCUT2D eigenvalue weighted by atomic mass is 10.2. The van der Waals surface area contributed by atoms with Crippen molar-refractivity contribution in [3.8, 4) is 0 Å². The lowest BCUT2D eigenvalue weighted by Crippen LogP contribution is -2.27.